The first-order valence-corrected chi connectivity index (χ1v) is 10.6. The van der Waals surface area contributed by atoms with E-state index >= 15 is 0 Å². The average Bonchev–Trinajstić information content (AvgIpc) is 2.77. The van der Waals surface area contributed by atoms with Crippen LogP contribution >= 0.6 is 0 Å². The highest BCUT2D eigenvalue weighted by molar-refractivity contribution is 7.89. The lowest BCUT2D eigenvalue weighted by molar-refractivity contribution is 0.251. The molecule has 0 bridgehead atoms. The van der Waals surface area contributed by atoms with Crippen molar-refractivity contribution in [3.63, 3.8) is 0 Å². The highest BCUT2D eigenvalue weighted by Gasteiger charge is 2.15. The first-order valence-electron chi connectivity index (χ1n) is 9.13. The molecule has 3 N–H and O–H groups in total. The van der Waals surface area contributed by atoms with Gasteiger partial charge < -0.3 is 15.4 Å². The van der Waals surface area contributed by atoms with Crippen molar-refractivity contribution in [2.24, 2.45) is 0 Å². The molecule has 1 heterocycles. The fourth-order valence-corrected chi connectivity index (χ4v) is 3.69. The summed E-state index contributed by atoms with van der Waals surface area (Å²) in [6.45, 7) is 0.456. The zero-order valence-corrected chi connectivity index (χ0v) is 17.1. The van der Waals surface area contributed by atoms with Crippen LogP contribution in [0.3, 0.4) is 0 Å². The Labute approximate surface area is 175 Å². The Morgan fingerprint density at radius 1 is 0.967 bits per heavy atom. The molecule has 0 aliphatic carbocycles. The Morgan fingerprint density at radius 2 is 1.67 bits per heavy atom. The number of nitrogens with one attached hydrogen (secondary N) is 3. The van der Waals surface area contributed by atoms with Crippen LogP contribution in [0.15, 0.2) is 78.0 Å². The van der Waals surface area contributed by atoms with Crippen LogP contribution < -0.4 is 20.1 Å². The quantitative estimate of drug-likeness (QED) is 0.513. The van der Waals surface area contributed by atoms with E-state index in [1.54, 1.807) is 36.7 Å². The Bertz CT molecular complexity index is 1090. The summed E-state index contributed by atoms with van der Waals surface area (Å²) >= 11 is 0. The third kappa shape index (κ3) is 5.79. The molecule has 3 aromatic rings. The van der Waals surface area contributed by atoms with E-state index in [1.807, 2.05) is 12.1 Å². The number of carbonyl (C=O) groups excluding carboxylic acids is 1. The maximum Gasteiger partial charge on any atom is 0.319 e. The van der Waals surface area contributed by atoms with Gasteiger partial charge in [-0.05, 0) is 48.0 Å². The van der Waals surface area contributed by atoms with Gasteiger partial charge in [0.05, 0.1) is 12.0 Å². The second-order valence-electron chi connectivity index (χ2n) is 6.32. The van der Waals surface area contributed by atoms with Crippen LogP contribution in [0.4, 0.5) is 10.5 Å². The van der Waals surface area contributed by atoms with Crippen LogP contribution in [-0.4, -0.2) is 26.5 Å². The number of para-hydroxylation sites is 1. The number of pyridine rings is 1. The number of benzene rings is 2. The van der Waals surface area contributed by atoms with Gasteiger partial charge >= 0.3 is 6.03 Å². The van der Waals surface area contributed by atoms with Gasteiger partial charge in [0, 0.05) is 36.7 Å². The largest absolute Gasteiger partial charge is 0.496 e. The fourth-order valence-electron chi connectivity index (χ4n) is 2.68. The Kier molecular flexibility index (Phi) is 6.99. The molecule has 0 fully saturated rings. The number of aromatic nitrogens is 1. The van der Waals surface area contributed by atoms with Gasteiger partial charge in [0.15, 0.2) is 0 Å². The normalized spacial score (nSPS) is 11.0. The lowest BCUT2D eigenvalue weighted by Gasteiger charge is -2.11. The molecule has 0 radical (unpaired) electrons. The van der Waals surface area contributed by atoms with Crippen molar-refractivity contribution in [1.29, 1.82) is 0 Å². The lowest BCUT2D eigenvalue weighted by atomic mass is 10.2. The van der Waals surface area contributed by atoms with E-state index in [2.05, 4.69) is 20.3 Å². The van der Waals surface area contributed by atoms with E-state index < -0.39 is 16.1 Å². The molecular weight excluding hydrogens is 404 g/mol. The number of nitrogens with zero attached hydrogens (tertiary/aromatic N) is 1. The number of anilines is 1. The van der Waals surface area contributed by atoms with Crippen molar-refractivity contribution < 1.29 is 17.9 Å². The molecule has 2 amide bonds. The smallest absolute Gasteiger partial charge is 0.319 e. The standard InChI is InChI=1S/C21H22N4O4S/c1-29-20-5-3-2-4-17(20)15-24-30(27,28)19-8-6-18(7-9-19)25-21(26)23-14-16-10-12-22-13-11-16/h2-13,24H,14-15H2,1H3,(H2,23,25,26). The van der Waals surface area contributed by atoms with E-state index in [0.29, 0.717) is 18.0 Å². The monoisotopic (exact) mass is 426 g/mol. The number of urea groups is 1. The lowest BCUT2D eigenvalue weighted by Crippen LogP contribution is -2.28. The second kappa shape index (κ2) is 9.86. The van der Waals surface area contributed by atoms with Gasteiger partial charge in [-0.2, -0.15) is 0 Å². The summed E-state index contributed by atoms with van der Waals surface area (Å²) in [4.78, 5) is 16.0. The predicted octanol–water partition coefficient (Wildman–Crippen LogP) is 2.89. The molecule has 3 rings (SSSR count). The van der Waals surface area contributed by atoms with Gasteiger partial charge in [0.2, 0.25) is 10.0 Å². The maximum atomic E-state index is 12.5. The van der Waals surface area contributed by atoms with Gasteiger partial charge in [0.25, 0.3) is 0 Å². The van der Waals surface area contributed by atoms with Gasteiger partial charge in [0.1, 0.15) is 5.75 Å². The fraction of sp³-hybridized carbons (Fsp3) is 0.143. The second-order valence-corrected chi connectivity index (χ2v) is 8.09. The van der Waals surface area contributed by atoms with Crippen LogP contribution in [0, 0.1) is 0 Å². The summed E-state index contributed by atoms with van der Waals surface area (Å²) in [5, 5.41) is 5.39. The molecule has 0 aliphatic heterocycles. The number of ether oxygens (including phenoxy) is 1. The third-order valence-corrected chi connectivity index (χ3v) is 5.69. The number of methoxy groups -OCH3 is 1. The minimum atomic E-state index is -3.71. The highest BCUT2D eigenvalue weighted by Crippen LogP contribution is 2.19. The molecule has 0 unspecified atom stereocenters. The first kappa shape index (κ1) is 21.3. The molecule has 0 aliphatic rings. The van der Waals surface area contributed by atoms with Crippen molar-refractivity contribution >= 4 is 21.7 Å². The van der Waals surface area contributed by atoms with E-state index in [9.17, 15) is 13.2 Å². The number of sulfonamides is 1. The summed E-state index contributed by atoms with van der Waals surface area (Å²) in [6, 6.07) is 16.3. The number of hydrogen-bond acceptors (Lipinski definition) is 5. The van der Waals surface area contributed by atoms with Crippen LogP contribution in [0.5, 0.6) is 5.75 Å². The van der Waals surface area contributed by atoms with Crippen molar-refractivity contribution in [3.05, 3.63) is 84.2 Å². The molecule has 0 saturated carbocycles. The SMILES string of the molecule is COc1ccccc1CNS(=O)(=O)c1ccc(NC(=O)NCc2ccncc2)cc1. The minimum Gasteiger partial charge on any atom is -0.496 e. The molecular formula is C21H22N4O4S. The average molecular weight is 426 g/mol. The predicted molar refractivity (Wildman–Crippen MR) is 114 cm³/mol. The van der Waals surface area contributed by atoms with Gasteiger partial charge in [-0.1, -0.05) is 18.2 Å². The minimum absolute atomic E-state index is 0.0974. The van der Waals surface area contributed by atoms with Crippen molar-refractivity contribution in [3.8, 4) is 5.75 Å². The Hall–Kier alpha value is -3.43. The maximum absolute atomic E-state index is 12.5. The van der Waals surface area contributed by atoms with E-state index in [4.69, 9.17) is 4.74 Å². The van der Waals surface area contributed by atoms with E-state index in [0.717, 1.165) is 11.1 Å². The molecule has 9 heteroatoms. The van der Waals surface area contributed by atoms with Crippen molar-refractivity contribution in [2.45, 2.75) is 18.0 Å². The molecule has 1 aromatic heterocycles. The van der Waals surface area contributed by atoms with Gasteiger partial charge in [-0.3, -0.25) is 4.98 Å². The summed E-state index contributed by atoms with van der Waals surface area (Å²) in [7, 11) is -2.18. The van der Waals surface area contributed by atoms with Crippen molar-refractivity contribution in [2.75, 3.05) is 12.4 Å². The summed E-state index contributed by atoms with van der Waals surface area (Å²) < 4.78 is 32.9. The topological polar surface area (TPSA) is 109 Å². The highest BCUT2D eigenvalue weighted by atomic mass is 32.2. The third-order valence-electron chi connectivity index (χ3n) is 4.27. The van der Waals surface area contributed by atoms with E-state index in [1.165, 1.54) is 31.4 Å². The molecule has 0 saturated heterocycles. The van der Waals surface area contributed by atoms with Gasteiger partial charge in [-0.15, -0.1) is 0 Å². The molecule has 8 nitrogen and oxygen atoms in total. The van der Waals surface area contributed by atoms with Crippen LogP contribution in [0.25, 0.3) is 0 Å². The summed E-state index contributed by atoms with van der Waals surface area (Å²) in [6.07, 6.45) is 3.30. The summed E-state index contributed by atoms with van der Waals surface area (Å²) in [5.41, 5.74) is 2.13. The molecule has 0 spiro atoms. The molecule has 30 heavy (non-hydrogen) atoms. The van der Waals surface area contributed by atoms with E-state index in [-0.39, 0.29) is 11.4 Å². The molecule has 156 valence electrons. The van der Waals surface area contributed by atoms with Crippen LogP contribution in [0.1, 0.15) is 11.1 Å². The van der Waals surface area contributed by atoms with Crippen molar-refractivity contribution in [1.82, 2.24) is 15.0 Å². The Morgan fingerprint density at radius 3 is 2.37 bits per heavy atom. The molecule has 0 atom stereocenters. The zero-order valence-electron chi connectivity index (χ0n) is 16.3. The Balaban J connectivity index is 1.56. The zero-order chi connectivity index (χ0) is 21.4. The number of amides is 2. The molecule has 2 aromatic carbocycles. The first-order chi connectivity index (χ1) is 14.5. The number of hydrogen-bond donors (Lipinski definition) is 3. The van der Waals surface area contributed by atoms with Crippen LogP contribution in [0.2, 0.25) is 0 Å². The number of carbonyl (C=O) groups is 1. The van der Waals surface area contributed by atoms with Crippen LogP contribution in [-0.2, 0) is 23.1 Å². The van der Waals surface area contributed by atoms with Gasteiger partial charge in [-0.25, -0.2) is 17.9 Å². The number of rotatable bonds is 8. The summed E-state index contributed by atoms with van der Waals surface area (Å²) in [5.74, 6) is 0.609.